The van der Waals surface area contributed by atoms with Gasteiger partial charge >= 0.3 is 0 Å². The van der Waals surface area contributed by atoms with Crippen molar-refractivity contribution in [1.82, 2.24) is 0 Å². The Morgan fingerprint density at radius 3 is 0.0300 bits per heavy atom. The molecular formula is Co64Cr30Mo6. The molecule has 0 aromatic heterocycles. The maximum atomic E-state index is 0. The van der Waals surface area contributed by atoms with Crippen LogP contribution < -0.4 is 0 Å². The third-order valence-electron chi connectivity index (χ3n) is 0. The molecule has 0 rings (SSSR count). The summed E-state index contributed by atoms with van der Waals surface area (Å²) in [7, 11) is 0. The minimum atomic E-state index is 0. The van der Waals surface area contributed by atoms with E-state index in [-0.39, 0.29) is 1720 Å². The molecule has 0 unspecified atom stereocenters. The molecule has 0 bridgehead atoms. The zero-order valence-corrected chi connectivity index (χ0v) is 153. The predicted octanol–water partition coefficient (Wildman–Crippen LogP) is -0.250. The van der Waals surface area contributed by atoms with Crippen molar-refractivity contribution in [2.75, 3.05) is 0 Å². The SMILES string of the molecule is [Co].[Co].[Co].[Co].[Co].[Co].[Co].[Co].[Co].[Co].[Co].[Co].[Co].[Co].[Co].[Co].[Co].[Co].[Co].[Co].[Co].[Co].[Co].[Co].[Co].[Co].[Co].[Co].[Co].[Co].[Co].[Co].[Co].[Co].[Co].[Co].[Co].[Co].[Co].[Co].[Co].[Co].[Co].[Co].[Co].[Co].[Co].[Co].[Co].[Co].[Co].[Co].[Co].[Co].[Co].[Co].[Co].[Co].[Co].[Co].[Co].[Co].[Co].[Co].[Cr].[Cr].[Cr].[Cr].[Cr].[Cr].[Cr].[Cr].[Cr].[Cr].[Cr].[Cr].[Cr].[Cr].[Cr].[Cr].[Cr].[Cr].[Cr].[Cr].[Cr].[Cr].[Cr].[Cr].[Cr].[Cr].[Cr].[Cr].[Cr].[Cr].[Mo].[Mo].[Mo].[Mo].[Mo].[Mo]. The summed E-state index contributed by atoms with van der Waals surface area (Å²) in [6.45, 7) is 0. The molecule has 0 N–H and O–H groups in total. The van der Waals surface area contributed by atoms with Gasteiger partial charge in [0.2, 0.25) is 0 Å². The molecule has 64 radical (unpaired) electrons. The van der Waals surface area contributed by atoms with E-state index in [1.807, 2.05) is 0 Å². The van der Waals surface area contributed by atoms with Crippen LogP contribution in [0.5, 0.6) is 0 Å². The largest absolute Gasteiger partial charge is 0 e. The Balaban J connectivity index is 0. The molecule has 0 saturated carbocycles. The van der Waals surface area contributed by atoms with Gasteiger partial charge in [-0.1, -0.05) is 0 Å². The van der Waals surface area contributed by atoms with Crippen molar-refractivity contribution in [3.05, 3.63) is 0 Å². The molecule has 0 aliphatic heterocycles. The van der Waals surface area contributed by atoms with Gasteiger partial charge in [-0.25, -0.2) is 0 Å². The van der Waals surface area contributed by atoms with Crippen LogP contribution in [0, 0.1) is 0 Å². The van der Waals surface area contributed by atoms with Gasteiger partial charge in [-0.05, 0) is 0 Å². The molecule has 0 fully saturated rings. The summed E-state index contributed by atoms with van der Waals surface area (Å²) in [6.07, 6.45) is 0. The fourth-order valence-electron chi connectivity index (χ4n) is 0. The van der Waals surface area contributed by atoms with Crippen LogP contribution in [0.4, 0.5) is 0 Å². The normalized spacial score (nSPS) is 0. The second-order valence-electron chi connectivity index (χ2n) is 0. The van der Waals surface area contributed by atoms with Gasteiger partial charge in [0.1, 0.15) is 0 Å². The Kier molecular flexibility index (Phi) is 15800. The van der Waals surface area contributed by atoms with E-state index in [1.165, 1.54) is 0 Å². The van der Waals surface area contributed by atoms with Crippen molar-refractivity contribution in [2.45, 2.75) is 0 Å². The van der Waals surface area contributed by atoms with Crippen molar-refractivity contribution < 1.29 is 1720 Å². The Labute approximate surface area is 1670 Å². The van der Waals surface area contributed by atoms with E-state index in [2.05, 4.69) is 0 Å². The average molecular weight is 5910 g/mol. The second kappa shape index (κ2) is 1240. The Hall–Kier alpha value is 52.5. The summed E-state index contributed by atoms with van der Waals surface area (Å²) in [5, 5.41) is 0. The first-order chi connectivity index (χ1) is 0. The predicted molar refractivity (Wildman–Crippen MR) is 0 cm³/mol. The minimum Gasteiger partial charge on any atom is 0 e. The number of hydrogen-bond donors (Lipinski definition) is 0. The molecule has 0 aliphatic rings. The first-order valence-electron chi connectivity index (χ1n) is 0. The first-order valence-corrected chi connectivity index (χ1v) is 0. The molecule has 0 aromatic rings. The van der Waals surface area contributed by atoms with Gasteiger partial charge in [0, 0.05) is 1720 Å². The molecule has 0 atom stereocenters. The van der Waals surface area contributed by atoms with Crippen LogP contribution >= 0.6 is 0 Å². The van der Waals surface area contributed by atoms with Crippen molar-refractivity contribution >= 4 is 0 Å². The van der Waals surface area contributed by atoms with Crippen LogP contribution in [-0.4, -0.2) is 0 Å². The molecule has 100 heavy (non-hydrogen) atoms. The second-order valence-corrected chi connectivity index (χ2v) is 0. The quantitative estimate of drug-likeness (QED) is 0.295. The summed E-state index contributed by atoms with van der Waals surface area (Å²) >= 11 is 0. The Morgan fingerprint density at radius 1 is 0.0300 bits per heavy atom. The molecule has 0 spiro atoms. The fourth-order valence-corrected chi connectivity index (χ4v) is 0. The maximum absolute atomic E-state index is 0. The van der Waals surface area contributed by atoms with Crippen LogP contribution in [0.25, 0.3) is 0 Å². The van der Waals surface area contributed by atoms with Crippen LogP contribution in [0.1, 0.15) is 0 Å². The van der Waals surface area contributed by atoms with Gasteiger partial charge in [-0.15, -0.1) is 0 Å². The molecule has 0 nitrogen and oxygen atoms in total. The number of rotatable bonds is 0. The van der Waals surface area contributed by atoms with Gasteiger partial charge in [0.15, 0.2) is 0 Å². The van der Waals surface area contributed by atoms with Crippen molar-refractivity contribution in [2.24, 2.45) is 0 Å². The van der Waals surface area contributed by atoms with Crippen LogP contribution in [0.15, 0.2) is 0 Å². The van der Waals surface area contributed by atoms with Gasteiger partial charge < -0.3 is 0 Å². The van der Waals surface area contributed by atoms with E-state index in [1.54, 1.807) is 0 Å². The molecule has 0 amide bonds. The number of hydrogen-bond acceptors (Lipinski definition) is 0. The first kappa shape index (κ1) is 1270. The van der Waals surface area contributed by atoms with E-state index in [9.17, 15) is 0 Å². The van der Waals surface area contributed by atoms with Crippen molar-refractivity contribution in [1.29, 1.82) is 0 Å². The summed E-state index contributed by atoms with van der Waals surface area (Å²) in [4.78, 5) is 0. The molecule has 792 valence electrons. The standard InChI is InChI=1S/64Co.30Cr.6Mo. The molecule has 0 heterocycles. The van der Waals surface area contributed by atoms with Crippen molar-refractivity contribution in [3.63, 3.8) is 0 Å². The third kappa shape index (κ3) is 1220. The Bertz CT molecular complexity index is 118. The van der Waals surface area contributed by atoms with E-state index in [0.29, 0.717) is 0 Å². The van der Waals surface area contributed by atoms with Crippen molar-refractivity contribution in [3.8, 4) is 0 Å². The van der Waals surface area contributed by atoms with E-state index >= 15 is 0 Å². The fraction of sp³-hybridized carbons (Fsp3) is 0. The summed E-state index contributed by atoms with van der Waals surface area (Å²) in [5.74, 6) is 0. The maximum Gasteiger partial charge on any atom is 0 e. The van der Waals surface area contributed by atoms with E-state index in [0.717, 1.165) is 0 Å². The van der Waals surface area contributed by atoms with Gasteiger partial charge in [0.25, 0.3) is 0 Å². The molecule has 100 heteroatoms. The van der Waals surface area contributed by atoms with Crippen LogP contribution in [0.3, 0.4) is 0 Å². The van der Waals surface area contributed by atoms with E-state index in [4.69, 9.17) is 0 Å². The van der Waals surface area contributed by atoms with Gasteiger partial charge in [-0.2, -0.15) is 0 Å². The molecule has 0 aromatic carbocycles. The smallest absolute Gasteiger partial charge is 0 e. The minimum absolute atomic E-state index is 0. The topological polar surface area (TPSA) is 0 Å². The monoisotopic (exact) mass is 5920 g/mol. The Morgan fingerprint density at radius 2 is 0.0300 bits per heavy atom. The summed E-state index contributed by atoms with van der Waals surface area (Å²) in [5.41, 5.74) is 0. The zero-order chi connectivity index (χ0) is 0. The molecule has 0 saturated heterocycles. The zero-order valence-electron chi connectivity index (χ0n) is 36.0. The molecule has 0 aliphatic carbocycles. The van der Waals surface area contributed by atoms with Gasteiger partial charge in [0.05, 0.1) is 0 Å². The van der Waals surface area contributed by atoms with E-state index < -0.39 is 0 Å². The summed E-state index contributed by atoms with van der Waals surface area (Å²) in [6, 6.07) is 0. The molecular weight excluding hydrogens is 5910 g/mol. The average Bonchev–Trinajstić information content (AvgIpc) is 0. The van der Waals surface area contributed by atoms with Gasteiger partial charge in [-0.3, -0.25) is 0 Å². The third-order valence-corrected chi connectivity index (χ3v) is 0. The van der Waals surface area contributed by atoms with Crippen LogP contribution in [0.2, 0.25) is 0 Å². The van der Waals surface area contributed by atoms with Crippen LogP contribution in [-0.2, 0) is 1720 Å². The summed E-state index contributed by atoms with van der Waals surface area (Å²) < 4.78 is 0.